The molecule has 0 radical (unpaired) electrons. The normalized spacial score (nSPS) is 15.8. The van der Waals surface area contributed by atoms with Gasteiger partial charge in [0.05, 0.1) is 16.3 Å². The van der Waals surface area contributed by atoms with Gasteiger partial charge in [0, 0.05) is 12.0 Å². The minimum Gasteiger partial charge on any atom is -0.273 e. The number of amides is 2. The lowest BCUT2D eigenvalue weighted by atomic mass is 10.1. The molecule has 2 heterocycles. The molecule has 1 aliphatic heterocycles. The SMILES string of the molecule is Cc1nn(-c2ccccc2)c(Cl)c1/C=C1\SC(=S)N(NC(=O)CC(C)C)C1=O. The van der Waals surface area contributed by atoms with Crippen LogP contribution in [-0.2, 0) is 9.59 Å². The van der Waals surface area contributed by atoms with Gasteiger partial charge in [0.2, 0.25) is 5.91 Å². The van der Waals surface area contributed by atoms with E-state index in [9.17, 15) is 9.59 Å². The number of para-hydroxylation sites is 1. The van der Waals surface area contributed by atoms with Crippen molar-refractivity contribution in [3.8, 4) is 5.69 Å². The van der Waals surface area contributed by atoms with Crippen LogP contribution in [0.5, 0.6) is 0 Å². The highest BCUT2D eigenvalue weighted by molar-refractivity contribution is 8.26. The summed E-state index contributed by atoms with van der Waals surface area (Å²) in [6.07, 6.45) is 1.98. The predicted molar refractivity (Wildman–Crippen MR) is 116 cm³/mol. The number of benzene rings is 1. The summed E-state index contributed by atoms with van der Waals surface area (Å²) >= 11 is 12.9. The number of carbonyl (C=O) groups excluding carboxylic acids is 2. The number of carbonyl (C=O) groups is 2. The van der Waals surface area contributed by atoms with Crippen molar-refractivity contribution < 1.29 is 9.59 Å². The molecule has 6 nitrogen and oxygen atoms in total. The van der Waals surface area contributed by atoms with Crippen molar-refractivity contribution in [2.75, 3.05) is 0 Å². The Morgan fingerprint density at radius 3 is 2.68 bits per heavy atom. The first-order valence-electron chi connectivity index (χ1n) is 8.66. The van der Waals surface area contributed by atoms with Gasteiger partial charge < -0.3 is 0 Å². The van der Waals surface area contributed by atoms with Gasteiger partial charge >= 0.3 is 0 Å². The Hall–Kier alpha value is -2.16. The van der Waals surface area contributed by atoms with E-state index in [0.29, 0.717) is 27.7 Å². The standard InChI is InChI=1S/C19H19ClN4O2S2/c1-11(2)9-16(25)22-24-18(26)15(28-19(24)27)10-14-12(3)21-23(17(14)20)13-7-5-4-6-8-13/h4-8,10-11H,9H2,1-3H3,(H,22,25)/b15-10-. The van der Waals surface area contributed by atoms with Crippen LogP contribution < -0.4 is 5.43 Å². The molecule has 0 spiro atoms. The molecule has 2 aromatic rings. The first-order chi connectivity index (χ1) is 13.3. The van der Waals surface area contributed by atoms with Gasteiger partial charge in [-0.25, -0.2) is 4.68 Å². The summed E-state index contributed by atoms with van der Waals surface area (Å²) in [6, 6.07) is 9.49. The molecule has 0 atom stereocenters. The van der Waals surface area contributed by atoms with Gasteiger partial charge in [-0.1, -0.05) is 55.4 Å². The van der Waals surface area contributed by atoms with E-state index in [1.54, 1.807) is 10.8 Å². The van der Waals surface area contributed by atoms with Crippen LogP contribution in [-0.4, -0.2) is 30.9 Å². The molecular weight excluding hydrogens is 416 g/mol. The monoisotopic (exact) mass is 434 g/mol. The number of aromatic nitrogens is 2. The predicted octanol–water partition coefficient (Wildman–Crippen LogP) is 4.11. The zero-order valence-corrected chi connectivity index (χ0v) is 18.0. The molecule has 0 aliphatic carbocycles. The van der Waals surface area contributed by atoms with Crippen LogP contribution in [0.2, 0.25) is 5.15 Å². The van der Waals surface area contributed by atoms with E-state index in [-0.39, 0.29) is 22.1 Å². The lowest BCUT2D eigenvalue weighted by molar-refractivity contribution is -0.133. The van der Waals surface area contributed by atoms with Crippen molar-refractivity contribution in [1.82, 2.24) is 20.2 Å². The Kier molecular flexibility index (Phi) is 6.22. The van der Waals surface area contributed by atoms with Crippen LogP contribution in [0.25, 0.3) is 11.8 Å². The van der Waals surface area contributed by atoms with Gasteiger partial charge in [-0.15, -0.1) is 0 Å². The Balaban J connectivity index is 1.87. The highest BCUT2D eigenvalue weighted by atomic mass is 35.5. The van der Waals surface area contributed by atoms with Crippen molar-refractivity contribution in [3.05, 3.63) is 51.6 Å². The van der Waals surface area contributed by atoms with Gasteiger partial charge in [-0.2, -0.15) is 10.1 Å². The number of rotatable bonds is 5. The fourth-order valence-corrected chi connectivity index (χ4v) is 4.14. The molecule has 1 aliphatic rings. The molecule has 1 saturated heterocycles. The van der Waals surface area contributed by atoms with E-state index in [1.165, 1.54) is 0 Å². The summed E-state index contributed by atoms with van der Waals surface area (Å²) in [5.74, 6) is -0.451. The van der Waals surface area contributed by atoms with Crippen molar-refractivity contribution >= 4 is 57.8 Å². The Bertz CT molecular complexity index is 970. The summed E-state index contributed by atoms with van der Waals surface area (Å²) < 4.78 is 1.89. The van der Waals surface area contributed by atoms with Crippen molar-refractivity contribution in [2.24, 2.45) is 5.92 Å². The molecular formula is C19H19ClN4O2S2. The number of aryl methyl sites for hydroxylation is 1. The Morgan fingerprint density at radius 2 is 2.04 bits per heavy atom. The quantitative estimate of drug-likeness (QED) is 0.566. The maximum absolute atomic E-state index is 12.7. The van der Waals surface area contributed by atoms with Crippen LogP contribution >= 0.6 is 35.6 Å². The topological polar surface area (TPSA) is 67.2 Å². The number of hydrazine groups is 1. The molecule has 1 fully saturated rings. The van der Waals surface area contributed by atoms with Gasteiger partial charge in [-0.3, -0.25) is 15.0 Å². The van der Waals surface area contributed by atoms with Gasteiger partial charge in [0.25, 0.3) is 5.91 Å². The van der Waals surface area contributed by atoms with E-state index in [0.717, 1.165) is 22.5 Å². The average Bonchev–Trinajstić information content (AvgIpc) is 3.07. The van der Waals surface area contributed by atoms with E-state index in [2.05, 4.69) is 10.5 Å². The van der Waals surface area contributed by atoms with E-state index in [4.69, 9.17) is 23.8 Å². The first kappa shape index (κ1) is 20.6. The molecule has 1 aromatic heterocycles. The molecule has 0 unspecified atom stereocenters. The molecule has 28 heavy (non-hydrogen) atoms. The largest absolute Gasteiger partial charge is 0.285 e. The Labute approximate surface area is 177 Å². The molecule has 0 bridgehead atoms. The van der Waals surface area contributed by atoms with Crippen molar-refractivity contribution in [2.45, 2.75) is 27.2 Å². The number of halogens is 1. The average molecular weight is 435 g/mol. The summed E-state index contributed by atoms with van der Waals surface area (Å²) in [4.78, 5) is 25.1. The number of thioether (sulfide) groups is 1. The second-order valence-electron chi connectivity index (χ2n) is 6.69. The highest BCUT2D eigenvalue weighted by Gasteiger charge is 2.34. The molecule has 0 saturated carbocycles. The smallest absolute Gasteiger partial charge is 0.273 e. The lowest BCUT2D eigenvalue weighted by Crippen LogP contribution is -2.45. The van der Waals surface area contributed by atoms with Crippen LogP contribution in [0.15, 0.2) is 35.2 Å². The van der Waals surface area contributed by atoms with Gasteiger partial charge in [-0.05, 0) is 43.3 Å². The fraction of sp³-hybridized carbons (Fsp3) is 0.263. The fourth-order valence-electron chi connectivity index (χ4n) is 2.65. The number of thiocarbonyl (C=S) groups is 1. The molecule has 1 aromatic carbocycles. The minimum atomic E-state index is -0.380. The highest BCUT2D eigenvalue weighted by Crippen LogP contribution is 2.34. The summed E-state index contributed by atoms with van der Waals surface area (Å²) in [5.41, 5.74) is 4.72. The van der Waals surface area contributed by atoms with Crippen molar-refractivity contribution in [1.29, 1.82) is 0 Å². The van der Waals surface area contributed by atoms with Crippen LogP contribution in [0.4, 0.5) is 0 Å². The van der Waals surface area contributed by atoms with Crippen molar-refractivity contribution in [3.63, 3.8) is 0 Å². The number of nitrogens with zero attached hydrogens (tertiary/aromatic N) is 3. The zero-order valence-electron chi connectivity index (χ0n) is 15.6. The number of hydrogen-bond donors (Lipinski definition) is 1. The van der Waals surface area contributed by atoms with E-state index < -0.39 is 0 Å². The summed E-state index contributed by atoms with van der Waals surface area (Å²) in [7, 11) is 0. The molecule has 1 N–H and O–H groups in total. The first-order valence-corrected chi connectivity index (χ1v) is 10.3. The number of nitrogens with one attached hydrogen (secondary N) is 1. The summed E-state index contributed by atoms with van der Waals surface area (Å²) in [6.45, 7) is 5.68. The van der Waals surface area contributed by atoms with E-state index in [1.807, 2.05) is 51.1 Å². The third kappa shape index (κ3) is 4.29. The third-order valence-electron chi connectivity index (χ3n) is 3.95. The third-order valence-corrected chi connectivity index (χ3v) is 5.61. The van der Waals surface area contributed by atoms with Gasteiger partial charge in [0.15, 0.2) is 4.32 Å². The molecule has 2 amide bonds. The molecule has 9 heteroatoms. The summed E-state index contributed by atoms with van der Waals surface area (Å²) in [5, 5.41) is 5.98. The molecule has 3 rings (SSSR count). The lowest BCUT2D eigenvalue weighted by Gasteiger charge is -2.16. The van der Waals surface area contributed by atoms with Crippen LogP contribution in [0.3, 0.4) is 0 Å². The van der Waals surface area contributed by atoms with Crippen LogP contribution in [0, 0.1) is 12.8 Å². The maximum Gasteiger partial charge on any atom is 0.285 e. The Morgan fingerprint density at radius 1 is 1.36 bits per heavy atom. The van der Waals surface area contributed by atoms with E-state index >= 15 is 0 Å². The second kappa shape index (κ2) is 8.46. The maximum atomic E-state index is 12.7. The minimum absolute atomic E-state index is 0.180. The second-order valence-corrected chi connectivity index (χ2v) is 8.72. The zero-order chi connectivity index (χ0) is 20.4. The molecule has 146 valence electrons. The van der Waals surface area contributed by atoms with Crippen LogP contribution in [0.1, 0.15) is 31.5 Å². The van der Waals surface area contributed by atoms with Gasteiger partial charge in [0.1, 0.15) is 5.15 Å². The number of hydrogen-bond acceptors (Lipinski definition) is 5.